The van der Waals surface area contributed by atoms with Crippen LogP contribution in [0.3, 0.4) is 0 Å². The molecule has 1 aromatic rings. The number of amides is 1. The first-order valence-electron chi connectivity index (χ1n) is 6.23. The monoisotopic (exact) mass is 332 g/mol. The largest absolute Gasteiger partial charge is 0.326 e. The Hall–Kier alpha value is -1.45. The minimum atomic E-state index is -3.80. The van der Waals surface area contributed by atoms with Crippen LogP contribution in [-0.2, 0) is 24.7 Å². The molecule has 0 aliphatic carbocycles. The number of sulfonamides is 1. The number of carbonyl (C=O) groups excluding carboxylic acids is 1. The van der Waals surface area contributed by atoms with Gasteiger partial charge in [-0.1, -0.05) is 0 Å². The van der Waals surface area contributed by atoms with E-state index in [0.29, 0.717) is 17.7 Å². The van der Waals surface area contributed by atoms with Crippen molar-refractivity contribution in [3.05, 3.63) is 23.8 Å². The highest BCUT2D eigenvalue weighted by Crippen LogP contribution is 2.22. The van der Waals surface area contributed by atoms with E-state index in [1.165, 1.54) is 18.2 Å². The molecular formula is C12H16N2O5S2. The summed E-state index contributed by atoms with van der Waals surface area (Å²) in [6, 6.07) is 4.22. The first-order valence-corrected chi connectivity index (χ1v) is 9.60. The molecule has 2 rings (SSSR count). The molecular weight excluding hydrogens is 316 g/mol. The number of hydrogen-bond acceptors (Lipinski definition) is 5. The van der Waals surface area contributed by atoms with Crippen LogP contribution >= 0.6 is 0 Å². The fraction of sp³-hybridized carbons (Fsp3) is 0.417. The molecule has 1 fully saturated rings. The maximum Gasteiger partial charge on any atom is 0.238 e. The SMILES string of the molecule is Cc1cc(NC(=O)C2CCS(=O)(=O)C2)ccc1S(N)(=O)=O. The van der Waals surface area contributed by atoms with E-state index in [-0.39, 0.29) is 22.3 Å². The number of carbonyl (C=O) groups is 1. The minimum Gasteiger partial charge on any atom is -0.326 e. The van der Waals surface area contributed by atoms with Crippen molar-refractivity contribution < 1.29 is 21.6 Å². The van der Waals surface area contributed by atoms with Gasteiger partial charge in [0.05, 0.1) is 22.3 Å². The molecule has 1 unspecified atom stereocenters. The third-order valence-corrected chi connectivity index (χ3v) is 6.19. The lowest BCUT2D eigenvalue weighted by molar-refractivity contribution is -0.119. The molecule has 1 atom stereocenters. The summed E-state index contributed by atoms with van der Waals surface area (Å²) in [6.45, 7) is 1.56. The van der Waals surface area contributed by atoms with Crippen molar-refractivity contribution in [2.45, 2.75) is 18.2 Å². The standard InChI is InChI=1S/C12H16N2O5S2/c1-8-6-10(2-3-11(8)21(13,18)19)14-12(15)9-4-5-20(16,17)7-9/h2-3,6,9H,4-5,7H2,1H3,(H,14,15)(H2,13,18,19). The van der Waals surface area contributed by atoms with Gasteiger partial charge < -0.3 is 5.32 Å². The zero-order valence-corrected chi connectivity index (χ0v) is 13.0. The predicted molar refractivity (Wildman–Crippen MR) is 77.9 cm³/mol. The van der Waals surface area contributed by atoms with Crippen LogP contribution in [0.4, 0.5) is 5.69 Å². The molecule has 1 amide bonds. The van der Waals surface area contributed by atoms with Crippen LogP contribution in [0.1, 0.15) is 12.0 Å². The topological polar surface area (TPSA) is 123 Å². The molecule has 0 bridgehead atoms. The van der Waals surface area contributed by atoms with Gasteiger partial charge in [-0.05, 0) is 37.1 Å². The molecule has 3 N–H and O–H groups in total. The number of sulfone groups is 1. The van der Waals surface area contributed by atoms with Gasteiger partial charge in [0.25, 0.3) is 0 Å². The summed E-state index contributed by atoms with van der Waals surface area (Å²) >= 11 is 0. The minimum absolute atomic E-state index is 0.0102. The van der Waals surface area contributed by atoms with Crippen LogP contribution in [0.25, 0.3) is 0 Å². The van der Waals surface area contributed by atoms with Gasteiger partial charge in [-0.3, -0.25) is 4.79 Å². The Morgan fingerprint density at radius 2 is 2.05 bits per heavy atom. The molecule has 0 radical (unpaired) electrons. The van der Waals surface area contributed by atoms with Gasteiger partial charge in [0.15, 0.2) is 9.84 Å². The van der Waals surface area contributed by atoms with Crippen LogP contribution in [0.15, 0.2) is 23.1 Å². The predicted octanol–water partition coefficient (Wildman–Crippen LogP) is 0.0156. The van der Waals surface area contributed by atoms with Crippen molar-refractivity contribution >= 4 is 31.5 Å². The highest BCUT2D eigenvalue weighted by atomic mass is 32.2. The van der Waals surface area contributed by atoms with Crippen LogP contribution < -0.4 is 10.5 Å². The lowest BCUT2D eigenvalue weighted by atomic mass is 10.1. The van der Waals surface area contributed by atoms with Crippen molar-refractivity contribution in [2.75, 3.05) is 16.8 Å². The van der Waals surface area contributed by atoms with Crippen LogP contribution in [0, 0.1) is 12.8 Å². The Bertz CT molecular complexity index is 784. The van der Waals surface area contributed by atoms with E-state index < -0.39 is 25.8 Å². The molecule has 1 aromatic carbocycles. The summed E-state index contributed by atoms with van der Waals surface area (Å²) in [4.78, 5) is 12.0. The summed E-state index contributed by atoms with van der Waals surface area (Å²) in [7, 11) is -6.93. The molecule has 1 heterocycles. The summed E-state index contributed by atoms with van der Waals surface area (Å²) < 4.78 is 45.3. The lowest BCUT2D eigenvalue weighted by Gasteiger charge is -2.11. The number of benzene rings is 1. The third kappa shape index (κ3) is 3.80. The molecule has 21 heavy (non-hydrogen) atoms. The van der Waals surface area contributed by atoms with Crippen molar-refractivity contribution in [3.8, 4) is 0 Å². The number of nitrogens with one attached hydrogen (secondary N) is 1. The Kier molecular flexibility index (Phi) is 4.09. The van der Waals surface area contributed by atoms with E-state index in [1.54, 1.807) is 6.92 Å². The van der Waals surface area contributed by atoms with Crippen LogP contribution in [-0.4, -0.2) is 34.2 Å². The average Bonchev–Trinajstić information content (AvgIpc) is 2.68. The van der Waals surface area contributed by atoms with Crippen molar-refractivity contribution in [3.63, 3.8) is 0 Å². The number of anilines is 1. The third-order valence-electron chi connectivity index (χ3n) is 3.35. The second-order valence-electron chi connectivity index (χ2n) is 5.11. The molecule has 0 aromatic heterocycles. The Morgan fingerprint density at radius 3 is 2.52 bits per heavy atom. The van der Waals surface area contributed by atoms with Gasteiger partial charge in [0.1, 0.15) is 0 Å². The van der Waals surface area contributed by atoms with Crippen molar-refractivity contribution in [2.24, 2.45) is 11.1 Å². The molecule has 0 saturated carbocycles. The average molecular weight is 332 g/mol. The maximum absolute atomic E-state index is 12.0. The highest BCUT2D eigenvalue weighted by Gasteiger charge is 2.32. The van der Waals surface area contributed by atoms with Gasteiger partial charge >= 0.3 is 0 Å². The van der Waals surface area contributed by atoms with Crippen LogP contribution in [0.2, 0.25) is 0 Å². The Morgan fingerprint density at radius 1 is 1.38 bits per heavy atom. The Labute approximate surface area is 123 Å². The zero-order valence-electron chi connectivity index (χ0n) is 11.4. The fourth-order valence-corrected chi connectivity index (χ4v) is 4.80. The molecule has 7 nitrogen and oxygen atoms in total. The number of hydrogen-bond donors (Lipinski definition) is 2. The molecule has 116 valence electrons. The summed E-state index contributed by atoms with van der Waals surface area (Å²) in [6.07, 6.45) is 0.308. The second-order valence-corrected chi connectivity index (χ2v) is 8.87. The molecule has 1 aliphatic heterocycles. The molecule has 0 spiro atoms. The number of nitrogens with two attached hydrogens (primary N) is 1. The normalized spacial score (nSPS) is 21.1. The van der Waals surface area contributed by atoms with E-state index in [1.807, 2.05) is 0 Å². The van der Waals surface area contributed by atoms with E-state index in [0.717, 1.165) is 0 Å². The van der Waals surface area contributed by atoms with Gasteiger partial charge in [-0.25, -0.2) is 22.0 Å². The molecule has 1 saturated heterocycles. The summed E-state index contributed by atoms with van der Waals surface area (Å²) in [5.41, 5.74) is 0.823. The number of aryl methyl sites for hydroxylation is 1. The quantitative estimate of drug-likeness (QED) is 0.807. The maximum atomic E-state index is 12.0. The molecule has 1 aliphatic rings. The van der Waals surface area contributed by atoms with Crippen molar-refractivity contribution in [1.29, 1.82) is 0 Å². The zero-order chi connectivity index (χ0) is 15.8. The Balaban J connectivity index is 2.14. The first-order chi connectivity index (χ1) is 9.58. The molecule has 9 heteroatoms. The van der Waals surface area contributed by atoms with E-state index >= 15 is 0 Å². The van der Waals surface area contributed by atoms with Gasteiger partial charge in [0.2, 0.25) is 15.9 Å². The lowest BCUT2D eigenvalue weighted by Crippen LogP contribution is -2.24. The smallest absolute Gasteiger partial charge is 0.238 e. The highest BCUT2D eigenvalue weighted by molar-refractivity contribution is 7.91. The summed E-state index contributed by atoms with van der Waals surface area (Å²) in [5, 5.41) is 7.66. The first kappa shape index (κ1) is 15.9. The summed E-state index contributed by atoms with van der Waals surface area (Å²) in [5.74, 6) is -1.06. The van der Waals surface area contributed by atoms with Gasteiger partial charge in [-0.15, -0.1) is 0 Å². The van der Waals surface area contributed by atoms with E-state index in [9.17, 15) is 21.6 Å². The van der Waals surface area contributed by atoms with E-state index in [4.69, 9.17) is 5.14 Å². The second kappa shape index (κ2) is 5.39. The fourth-order valence-electron chi connectivity index (χ4n) is 2.29. The van der Waals surface area contributed by atoms with Crippen LogP contribution in [0.5, 0.6) is 0 Å². The number of rotatable bonds is 3. The van der Waals surface area contributed by atoms with Crippen molar-refractivity contribution in [1.82, 2.24) is 0 Å². The van der Waals surface area contributed by atoms with Gasteiger partial charge in [-0.2, -0.15) is 0 Å². The van der Waals surface area contributed by atoms with E-state index in [2.05, 4.69) is 5.32 Å². The van der Waals surface area contributed by atoms with Gasteiger partial charge in [0, 0.05) is 5.69 Å². The number of primary sulfonamides is 1.